The predicted molar refractivity (Wildman–Crippen MR) is 130 cm³/mol. The maximum Gasteiger partial charge on any atom is 0.244 e. The highest BCUT2D eigenvalue weighted by atomic mass is 32.2. The van der Waals surface area contributed by atoms with Crippen molar-refractivity contribution in [2.24, 2.45) is 0 Å². The molecule has 0 aromatic heterocycles. The van der Waals surface area contributed by atoms with E-state index in [1.165, 1.54) is 12.0 Å². The van der Waals surface area contributed by atoms with Gasteiger partial charge in [0, 0.05) is 13.1 Å². The number of hydrogen-bond acceptors (Lipinski definition) is 5. The first-order valence-electron chi connectivity index (χ1n) is 10.8. The molecule has 0 aliphatic heterocycles. The van der Waals surface area contributed by atoms with Gasteiger partial charge in [0.2, 0.25) is 21.8 Å². The summed E-state index contributed by atoms with van der Waals surface area (Å²) in [5.74, 6) is -0.450. The number of aryl methyl sites for hydroxylation is 1. The van der Waals surface area contributed by atoms with E-state index in [4.69, 9.17) is 4.74 Å². The highest BCUT2D eigenvalue weighted by Gasteiger charge is 2.31. The van der Waals surface area contributed by atoms with Gasteiger partial charge in [0.05, 0.1) is 19.1 Å². The molecule has 0 heterocycles. The van der Waals surface area contributed by atoms with Gasteiger partial charge in [0.15, 0.2) is 0 Å². The van der Waals surface area contributed by atoms with Crippen LogP contribution in [0.3, 0.4) is 0 Å². The van der Waals surface area contributed by atoms with Crippen LogP contribution < -0.4 is 14.4 Å². The van der Waals surface area contributed by atoms with E-state index >= 15 is 0 Å². The third-order valence-electron chi connectivity index (χ3n) is 5.19. The molecule has 0 spiro atoms. The van der Waals surface area contributed by atoms with Crippen molar-refractivity contribution in [2.75, 3.05) is 30.8 Å². The molecule has 33 heavy (non-hydrogen) atoms. The molecule has 0 aliphatic rings. The van der Waals surface area contributed by atoms with E-state index in [-0.39, 0.29) is 18.1 Å². The van der Waals surface area contributed by atoms with Crippen molar-refractivity contribution < 1.29 is 22.7 Å². The van der Waals surface area contributed by atoms with E-state index in [2.05, 4.69) is 5.32 Å². The zero-order chi connectivity index (χ0) is 24.6. The lowest BCUT2D eigenvalue weighted by Crippen LogP contribution is -2.51. The summed E-state index contributed by atoms with van der Waals surface area (Å²) in [5, 5.41) is 2.81. The standard InChI is InChI=1S/C24H33N3O5S/c1-6-14-25-24(29)19(3)26(16-20-10-8-7-9-11-20)23(28)17-27(33(5,30)31)21-15-18(2)12-13-22(21)32-4/h7-13,15,19H,6,14,16-17H2,1-5H3,(H,25,29)/t19-/m1/s1. The van der Waals surface area contributed by atoms with Gasteiger partial charge in [-0.25, -0.2) is 8.42 Å². The molecule has 0 radical (unpaired) electrons. The van der Waals surface area contributed by atoms with Gasteiger partial charge in [0.25, 0.3) is 0 Å². The number of rotatable bonds is 11. The topological polar surface area (TPSA) is 96.0 Å². The van der Waals surface area contributed by atoms with Crippen LogP contribution in [0.5, 0.6) is 5.75 Å². The van der Waals surface area contributed by atoms with Crippen molar-refractivity contribution in [3.8, 4) is 5.75 Å². The Morgan fingerprint density at radius 2 is 1.79 bits per heavy atom. The molecule has 9 heteroatoms. The highest BCUT2D eigenvalue weighted by Crippen LogP contribution is 2.31. The molecule has 0 bridgehead atoms. The molecule has 2 aromatic rings. The Hall–Kier alpha value is -3.07. The fourth-order valence-electron chi connectivity index (χ4n) is 3.35. The van der Waals surface area contributed by atoms with E-state index in [9.17, 15) is 18.0 Å². The molecule has 1 N–H and O–H groups in total. The summed E-state index contributed by atoms with van der Waals surface area (Å²) in [6.07, 6.45) is 1.81. The third-order valence-corrected chi connectivity index (χ3v) is 6.32. The molecule has 180 valence electrons. The van der Waals surface area contributed by atoms with Crippen molar-refractivity contribution in [3.63, 3.8) is 0 Å². The van der Waals surface area contributed by atoms with Crippen LogP contribution in [0.25, 0.3) is 0 Å². The van der Waals surface area contributed by atoms with Crippen molar-refractivity contribution in [3.05, 3.63) is 59.7 Å². The summed E-state index contributed by atoms with van der Waals surface area (Å²) >= 11 is 0. The number of carbonyl (C=O) groups is 2. The first-order chi connectivity index (χ1) is 15.6. The Morgan fingerprint density at radius 1 is 1.12 bits per heavy atom. The molecule has 2 amide bonds. The zero-order valence-electron chi connectivity index (χ0n) is 19.9. The molecule has 0 saturated heterocycles. The smallest absolute Gasteiger partial charge is 0.244 e. The minimum absolute atomic E-state index is 0.170. The number of carbonyl (C=O) groups excluding carboxylic acids is 2. The van der Waals surface area contributed by atoms with Crippen LogP contribution in [0.2, 0.25) is 0 Å². The number of nitrogens with zero attached hydrogens (tertiary/aromatic N) is 2. The van der Waals surface area contributed by atoms with Gasteiger partial charge in [-0.05, 0) is 43.5 Å². The van der Waals surface area contributed by atoms with E-state index < -0.39 is 28.5 Å². The number of nitrogens with one attached hydrogen (secondary N) is 1. The summed E-state index contributed by atoms with van der Waals surface area (Å²) in [4.78, 5) is 27.6. The van der Waals surface area contributed by atoms with Crippen LogP contribution in [-0.2, 0) is 26.2 Å². The third kappa shape index (κ3) is 7.21. The Kier molecular flexibility index (Phi) is 9.28. The van der Waals surface area contributed by atoms with Gasteiger partial charge in [-0.3, -0.25) is 13.9 Å². The van der Waals surface area contributed by atoms with Crippen molar-refractivity contribution in [2.45, 2.75) is 39.8 Å². The SMILES string of the molecule is CCCNC(=O)[C@@H](C)N(Cc1ccccc1)C(=O)CN(c1cc(C)ccc1OC)S(C)(=O)=O. The Bertz CT molecular complexity index is 1060. The van der Waals surface area contributed by atoms with Crippen LogP contribution >= 0.6 is 0 Å². The monoisotopic (exact) mass is 475 g/mol. The number of hydrogen-bond donors (Lipinski definition) is 1. The lowest BCUT2D eigenvalue weighted by molar-refractivity contribution is -0.139. The molecule has 8 nitrogen and oxygen atoms in total. The highest BCUT2D eigenvalue weighted by molar-refractivity contribution is 7.92. The number of ether oxygens (including phenoxy) is 1. The lowest BCUT2D eigenvalue weighted by atomic mass is 10.1. The average Bonchev–Trinajstić information content (AvgIpc) is 2.78. The van der Waals surface area contributed by atoms with Gasteiger partial charge in [-0.1, -0.05) is 43.3 Å². The molecule has 0 saturated carbocycles. The van der Waals surface area contributed by atoms with Gasteiger partial charge >= 0.3 is 0 Å². The number of anilines is 1. The lowest BCUT2D eigenvalue weighted by Gasteiger charge is -2.32. The summed E-state index contributed by atoms with van der Waals surface area (Å²) < 4.78 is 31.8. The van der Waals surface area contributed by atoms with Crippen LogP contribution in [0.15, 0.2) is 48.5 Å². The van der Waals surface area contributed by atoms with Crippen LogP contribution in [-0.4, -0.2) is 57.6 Å². The van der Waals surface area contributed by atoms with E-state index in [1.54, 1.807) is 25.1 Å². The Balaban J connectivity index is 2.42. The molecular formula is C24H33N3O5S. The predicted octanol–water partition coefficient (Wildman–Crippen LogP) is 2.71. The van der Waals surface area contributed by atoms with Crippen molar-refractivity contribution >= 4 is 27.5 Å². The van der Waals surface area contributed by atoms with Crippen LogP contribution in [0.4, 0.5) is 5.69 Å². The molecule has 0 unspecified atom stereocenters. The van der Waals surface area contributed by atoms with Crippen LogP contribution in [0.1, 0.15) is 31.4 Å². The molecule has 2 aromatic carbocycles. The fourth-order valence-corrected chi connectivity index (χ4v) is 4.19. The second-order valence-electron chi connectivity index (χ2n) is 7.92. The van der Waals surface area contributed by atoms with E-state index in [0.29, 0.717) is 12.3 Å². The maximum absolute atomic E-state index is 13.5. The number of amides is 2. The second kappa shape index (κ2) is 11.7. The zero-order valence-corrected chi connectivity index (χ0v) is 20.7. The minimum Gasteiger partial charge on any atom is -0.495 e. The number of methoxy groups -OCH3 is 1. The quantitative estimate of drug-likeness (QED) is 0.539. The molecule has 2 rings (SSSR count). The molecule has 0 aliphatic carbocycles. The normalized spacial score (nSPS) is 12.0. The molecular weight excluding hydrogens is 442 g/mol. The number of benzene rings is 2. The maximum atomic E-state index is 13.5. The van der Waals surface area contributed by atoms with Crippen LogP contribution in [0, 0.1) is 6.92 Å². The van der Waals surface area contributed by atoms with E-state index in [1.807, 2.05) is 44.2 Å². The first-order valence-corrected chi connectivity index (χ1v) is 12.7. The average molecular weight is 476 g/mol. The summed E-state index contributed by atoms with van der Waals surface area (Å²) in [6.45, 7) is 5.61. The van der Waals surface area contributed by atoms with Crippen molar-refractivity contribution in [1.82, 2.24) is 10.2 Å². The molecule has 0 fully saturated rings. The van der Waals surface area contributed by atoms with Crippen molar-refractivity contribution in [1.29, 1.82) is 0 Å². The number of sulfonamides is 1. The van der Waals surface area contributed by atoms with Gasteiger partial charge < -0.3 is 15.0 Å². The first kappa shape index (κ1) is 26.2. The Morgan fingerprint density at radius 3 is 2.36 bits per heavy atom. The van der Waals surface area contributed by atoms with E-state index in [0.717, 1.165) is 28.1 Å². The van der Waals surface area contributed by atoms with Gasteiger partial charge in [-0.2, -0.15) is 0 Å². The summed E-state index contributed by atoms with van der Waals surface area (Å²) in [5.41, 5.74) is 1.93. The second-order valence-corrected chi connectivity index (χ2v) is 9.83. The summed E-state index contributed by atoms with van der Waals surface area (Å²) in [7, 11) is -2.38. The fraction of sp³-hybridized carbons (Fsp3) is 0.417. The largest absolute Gasteiger partial charge is 0.495 e. The van der Waals surface area contributed by atoms with Gasteiger partial charge in [0.1, 0.15) is 18.3 Å². The molecule has 1 atom stereocenters. The Labute approximate surface area is 196 Å². The minimum atomic E-state index is -3.82. The van der Waals surface area contributed by atoms with Gasteiger partial charge in [-0.15, -0.1) is 0 Å². The summed E-state index contributed by atoms with van der Waals surface area (Å²) in [6, 6.07) is 13.6.